The summed E-state index contributed by atoms with van der Waals surface area (Å²) in [6, 6.07) is 1.17. The van der Waals surface area contributed by atoms with Gasteiger partial charge in [-0.15, -0.1) is 0 Å². The van der Waals surface area contributed by atoms with E-state index in [4.69, 9.17) is 11.6 Å². The molecule has 1 rings (SSSR count). The van der Waals surface area contributed by atoms with Crippen LogP contribution < -0.4 is 0 Å². The van der Waals surface area contributed by atoms with E-state index in [1.54, 1.807) is 0 Å². The number of pyridine rings is 1. The van der Waals surface area contributed by atoms with Crippen LogP contribution in [0.1, 0.15) is 26.0 Å². The zero-order valence-electron chi connectivity index (χ0n) is 8.76. The Hall–Kier alpha value is -0.960. The highest BCUT2D eigenvalue weighted by atomic mass is 35.5. The summed E-state index contributed by atoms with van der Waals surface area (Å²) < 4.78 is 13.2. The fourth-order valence-corrected chi connectivity index (χ4v) is 1.43. The SMILES string of the molecule is CC(C)CC(=O)Cc1ncc(Cl)cc1F. The zero-order chi connectivity index (χ0) is 11.4. The molecule has 15 heavy (non-hydrogen) atoms. The molecule has 0 saturated heterocycles. The number of hydrogen-bond acceptors (Lipinski definition) is 2. The first-order chi connectivity index (χ1) is 6.99. The molecule has 1 aromatic heterocycles. The average Bonchev–Trinajstić information content (AvgIpc) is 2.08. The number of carbonyl (C=O) groups excluding carboxylic acids is 1. The Bertz CT molecular complexity index is 366. The van der Waals surface area contributed by atoms with Crippen LogP contribution in [0.15, 0.2) is 12.3 Å². The van der Waals surface area contributed by atoms with Crippen molar-refractivity contribution in [3.63, 3.8) is 0 Å². The molecule has 0 aliphatic carbocycles. The molecule has 0 amide bonds. The van der Waals surface area contributed by atoms with E-state index in [1.165, 1.54) is 12.3 Å². The molecule has 0 N–H and O–H groups in total. The molecule has 0 atom stereocenters. The lowest BCUT2D eigenvalue weighted by molar-refractivity contribution is -0.119. The number of halogens is 2. The van der Waals surface area contributed by atoms with Crippen LogP contribution in [0.5, 0.6) is 0 Å². The van der Waals surface area contributed by atoms with Gasteiger partial charge in [0.15, 0.2) is 0 Å². The number of nitrogens with zero attached hydrogens (tertiary/aromatic N) is 1. The van der Waals surface area contributed by atoms with E-state index in [0.29, 0.717) is 6.42 Å². The average molecular weight is 230 g/mol. The standard InChI is InChI=1S/C11H13ClFNO/c1-7(2)3-9(15)5-11-10(13)4-8(12)6-14-11/h4,6-7H,3,5H2,1-2H3. The monoisotopic (exact) mass is 229 g/mol. The van der Waals surface area contributed by atoms with E-state index in [-0.39, 0.29) is 28.8 Å². The van der Waals surface area contributed by atoms with E-state index in [1.807, 2.05) is 13.8 Å². The van der Waals surface area contributed by atoms with Crippen molar-refractivity contribution in [3.05, 3.63) is 28.8 Å². The van der Waals surface area contributed by atoms with Gasteiger partial charge in [-0.2, -0.15) is 0 Å². The van der Waals surface area contributed by atoms with Crippen LogP contribution in [0, 0.1) is 11.7 Å². The highest BCUT2D eigenvalue weighted by Gasteiger charge is 2.11. The van der Waals surface area contributed by atoms with Gasteiger partial charge in [-0.05, 0) is 12.0 Å². The summed E-state index contributed by atoms with van der Waals surface area (Å²) in [6.45, 7) is 3.90. The Morgan fingerprint density at radius 2 is 2.27 bits per heavy atom. The van der Waals surface area contributed by atoms with Crippen molar-refractivity contribution in [3.8, 4) is 0 Å². The Balaban J connectivity index is 2.68. The van der Waals surface area contributed by atoms with Gasteiger partial charge in [0.25, 0.3) is 0 Å². The van der Waals surface area contributed by atoms with Crippen molar-refractivity contribution in [1.29, 1.82) is 0 Å². The van der Waals surface area contributed by atoms with Crippen molar-refractivity contribution >= 4 is 17.4 Å². The second kappa shape index (κ2) is 5.21. The van der Waals surface area contributed by atoms with Gasteiger partial charge in [-0.25, -0.2) is 4.39 Å². The first kappa shape index (κ1) is 12.1. The Labute approximate surface area is 93.5 Å². The molecule has 0 aromatic carbocycles. The van der Waals surface area contributed by atoms with Crippen LogP contribution in [-0.4, -0.2) is 10.8 Å². The predicted molar refractivity (Wildman–Crippen MR) is 57.4 cm³/mol. The van der Waals surface area contributed by atoms with Gasteiger partial charge in [0, 0.05) is 12.6 Å². The summed E-state index contributed by atoms with van der Waals surface area (Å²) in [5.41, 5.74) is 0.171. The smallest absolute Gasteiger partial charge is 0.146 e. The number of aromatic nitrogens is 1. The lowest BCUT2D eigenvalue weighted by atomic mass is 10.0. The number of carbonyl (C=O) groups is 1. The Morgan fingerprint density at radius 1 is 1.60 bits per heavy atom. The first-order valence-electron chi connectivity index (χ1n) is 4.80. The van der Waals surface area contributed by atoms with Crippen LogP contribution >= 0.6 is 11.6 Å². The van der Waals surface area contributed by atoms with E-state index < -0.39 is 5.82 Å². The van der Waals surface area contributed by atoms with Crippen molar-refractivity contribution < 1.29 is 9.18 Å². The quantitative estimate of drug-likeness (QED) is 0.795. The summed E-state index contributed by atoms with van der Waals surface area (Å²) >= 11 is 5.55. The van der Waals surface area contributed by atoms with Crippen molar-refractivity contribution in [1.82, 2.24) is 4.98 Å². The lowest BCUT2D eigenvalue weighted by Crippen LogP contribution is -2.09. The summed E-state index contributed by atoms with van der Waals surface area (Å²) in [5.74, 6) is -0.230. The molecule has 0 bridgehead atoms. The van der Waals surface area contributed by atoms with Gasteiger partial charge >= 0.3 is 0 Å². The minimum absolute atomic E-state index is 0.00118. The largest absolute Gasteiger partial charge is 0.299 e. The fraction of sp³-hybridized carbons (Fsp3) is 0.455. The zero-order valence-corrected chi connectivity index (χ0v) is 9.51. The third-order valence-corrected chi connectivity index (χ3v) is 2.09. The molecule has 0 aliphatic rings. The van der Waals surface area contributed by atoms with Gasteiger partial charge in [0.1, 0.15) is 11.6 Å². The van der Waals surface area contributed by atoms with Crippen LogP contribution in [0.2, 0.25) is 5.02 Å². The van der Waals surface area contributed by atoms with Crippen molar-refractivity contribution in [2.75, 3.05) is 0 Å². The molecule has 82 valence electrons. The topological polar surface area (TPSA) is 30.0 Å². The minimum Gasteiger partial charge on any atom is -0.299 e. The molecule has 0 unspecified atom stereocenters. The number of ketones is 1. The summed E-state index contributed by atoms with van der Waals surface area (Å²) in [6.07, 6.45) is 1.84. The molecule has 0 radical (unpaired) electrons. The first-order valence-corrected chi connectivity index (χ1v) is 5.18. The second-order valence-electron chi connectivity index (χ2n) is 3.90. The highest BCUT2D eigenvalue weighted by molar-refractivity contribution is 6.30. The molecule has 0 fully saturated rings. The van der Waals surface area contributed by atoms with Gasteiger partial charge < -0.3 is 0 Å². The number of hydrogen-bond donors (Lipinski definition) is 0. The molecule has 2 nitrogen and oxygen atoms in total. The summed E-state index contributed by atoms with van der Waals surface area (Å²) in [5, 5.41) is 0.243. The van der Waals surface area contributed by atoms with E-state index in [0.717, 1.165) is 0 Å². The predicted octanol–water partition coefficient (Wildman–Crippen LogP) is 3.03. The van der Waals surface area contributed by atoms with E-state index >= 15 is 0 Å². The summed E-state index contributed by atoms with van der Waals surface area (Å²) in [7, 11) is 0. The van der Waals surface area contributed by atoms with Gasteiger partial charge in [-0.3, -0.25) is 9.78 Å². The Kier molecular flexibility index (Phi) is 4.21. The maximum Gasteiger partial charge on any atom is 0.146 e. The van der Waals surface area contributed by atoms with E-state index in [9.17, 15) is 9.18 Å². The van der Waals surface area contributed by atoms with Crippen LogP contribution in [-0.2, 0) is 11.2 Å². The van der Waals surface area contributed by atoms with Gasteiger partial charge in [-0.1, -0.05) is 25.4 Å². The Morgan fingerprint density at radius 3 is 2.80 bits per heavy atom. The van der Waals surface area contributed by atoms with E-state index in [2.05, 4.69) is 4.98 Å². The molecule has 4 heteroatoms. The van der Waals surface area contributed by atoms with Gasteiger partial charge in [0.05, 0.1) is 17.1 Å². The normalized spacial score (nSPS) is 10.7. The summed E-state index contributed by atoms with van der Waals surface area (Å²) in [4.78, 5) is 15.2. The molecule has 1 aromatic rings. The van der Waals surface area contributed by atoms with Crippen LogP contribution in [0.4, 0.5) is 4.39 Å². The highest BCUT2D eigenvalue weighted by Crippen LogP contribution is 2.13. The maximum absolute atomic E-state index is 13.2. The van der Waals surface area contributed by atoms with Crippen LogP contribution in [0.3, 0.4) is 0 Å². The van der Waals surface area contributed by atoms with Crippen molar-refractivity contribution in [2.24, 2.45) is 5.92 Å². The second-order valence-corrected chi connectivity index (χ2v) is 4.33. The van der Waals surface area contributed by atoms with Crippen LogP contribution in [0.25, 0.3) is 0 Å². The number of rotatable bonds is 4. The third kappa shape index (κ3) is 3.96. The number of Topliss-reactive ketones (excluding diaryl/α,β-unsaturated/α-hetero) is 1. The molecule has 1 heterocycles. The molecular formula is C11H13ClFNO. The molecule has 0 saturated carbocycles. The maximum atomic E-state index is 13.2. The molecular weight excluding hydrogens is 217 g/mol. The van der Waals surface area contributed by atoms with Gasteiger partial charge in [0.2, 0.25) is 0 Å². The fourth-order valence-electron chi connectivity index (χ4n) is 1.29. The minimum atomic E-state index is -0.514. The molecule has 0 aliphatic heterocycles. The van der Waals surface area contributed by atoms with Crippen molar-refractivity contribution in [2.45, 2.75) is 26.7 Å². The molecule has 0 spiro atoms. The third-order valence-electron chi connectivity index (χ3n) is 1.88. The lowest BCUT2D eigenvalue weighted by Gasteiger charge is -2.04.